The lowest BCUT2D eigenvalue weighted by atomic mass is 9.66. The van der Waals surface area contributed by atoms with Gasteiger partial charge in [0.25, 0.3) is 0 Å². The summed E-state index contributed by atoms with van der Waals surface area (Å²) in [5, 5.41) is 6.45. The second kappa shape index (κ2) is 19.5. The van der Waals surface area contributed by atoms with Crippen molar-refractivity contribution in [1.82, 2.24) is 25.3 Å². The number of ether oxygens (including phenoxy) is 2. The van der Waals surface area contributed by atoms with E-state index in [0.29, 0.717) is 24.5 Å². The van der Waals surface area contributed by atoms with Crippen LogP contribution >= 0.6 is 0 Å². The minimum Gasteiger partial charge on any atom is -0.439 e. The van der Waals surface area contributed by atoms with Gasteiger partial charge in [-0.05, 0) is 74.8 Å². The largest absolute Gasteiger partial charge is 0.439 e. The molecule has 324 valence electrons. The Hall–Kier alpha value is -3.77. The van der Waals surface area contributed by atoms with Crippen LogP contribution in [0.2, 0.25) is 0 Å². The van der Waals surface area contributed by atoms with Crippen LogP contribution in [0.25, 0.3) is 0 Å². The predicted octanol–water partition coefficient (Wildman–Crippen LogP) is 6.89. The quantitative estimate of drug-likeness (QED) is 0.183. The van der Waals surface area contributed by atoms with E-state index in [-0.39, 0.29) is 29.1 Å². The lowest BCUT2D eigenvalue weighted by Gasteiger charge is -2.43. The number of hydrogen-bond donors (Lipinski definition) is 2. The van der Waals surface area contributed by atoms with E-state index in [0.717, 1.165) is 24.8 Å². The number of benzene rings is 1. The molecule has 2 aliphatic heterocycles. The Kier molecular flexibility index (Phi) is 15.8. The Morgan fingerprint density at radius 3 is 2.12 bits per heavy atom. The first-order valence-corrected chi connectivity index (χ1v) is 21.5. The van der Waals surface area contributed by atoms with Crippen LogP contribution in [0.3, 0.4) is 0 Å². The fourth-order valence-electron chi connectivity index (χ4n) is 9.74. The van der Waals surface area contributed by atoms with Gasteiger partial charge in [-0.15, -0.1) is 0 Å². The number of nitrogens with zero attached hydrogens (tertiary/aromatic N) is 3. The Labute approximate surface area is 348 Å². The molecule has 2 saturated heterocycles. The topological polar surface area (TPSA) is 138 Å². The van der Waals surface area contributed by atoms with E-state index in [1.807, 2.05) is 78.1 Å². The van der Waals surface area contributed by atoms with Crippen molar-refractivity contribution in [2.75, 3.05) is 27.7 Å². The van der Waals surface area contributed by atoms with Crippen molar-refractivity contribution < 1.29 is 33.4 Å². The van der Waals surface area contributed by atoms with E-state index in [9.17, 15) is 24.0 Å². The summed E-state index contributed by atoms with van der Waals surface area (Å²) in [6.45, 7) is 20.0. The van der Waals surface area contributed by atoms with Crippen LogP contribution in [-0.4, -0.2) is 108 Å². The number of cyclic esters (lactones) is 1. The van der Waals surface area contributed by atoms with Crippen LogP contribution in [0.1, 0.15) is 126 Å². The smallest absolute Gasteiger partial charge is 0.417 e. The van der Waals surface area contributed by atoms with E-state index >= 15 is 0 Å². The van der Waals surface area contributed by atoms with Crippen molar-refractivity contribution in [2.45, 2.75) is 157 Å². The van der Waals surface area contributed by atoms with E-state index < -0.39 is 65.8 Å². The number of amides is 5. The van der Waals surface area contributed by atoms with Crippen LogP contribution in [0.15, 0.2) is 42.0 Å². The van der Waals surface area contributed by atoms with E-state index in [2.05, 4.69) is 24.5 Å². The molecule has 12 heteroatoms. The number of carbonyl (C=O) groups is 5. The third-order valence-electron chi connectivity index (χ3n) is 13.3. The summed E-state index contributed by atoms with van der Waals surface area (Å²) in [6.07, 6.45) is 7.02. The summed E-state index contributed by atoms with van der Waals surface area (Å²) in [5.41, 5.74) is 0.387. The lowest BCUT2D eigenvalue weighted by molar-refractivity contribution is -0.142. The number of carbonyl (C=O) groups excluding carboxylic acids is 5. The number of likely N-dealkylation sites (tertiary alicyclic amines) is 1. The number of likely N-dealkylation sites (N-methyl/N-ethyl adjacent to an activating group) is 2. The second-order valence-corrected chi connectivity index (χ2v) is 19.1. The molecule has 1 aromatic carbocycles. The normalized spacial score (nSPS) is 23.6. The molecule has 4 rings (SSSR count). The van der Waals surface area contributed by atoms with Gasteiger partial charge in [0, 0.05) is 26.3 Å². The lowest BCUT2D eigenvalue weighted by Crippen LogP contribution is -2.61. The van der Waals surface area contributed by atoms with Gasteiger partial charge in [-0.3, -0.25) is 19.2 Å². The second-order valence-electron chi connectivity index (χ2n) is 19.1. The average molecular weight is 808 g/mol. The fraction of sp³-hybridized carbons (Fsp3) is 0.717. The highest BCUT2D eigenvalue weighted by atomic mass is 16.6. The predicted molar refractivity (Wildman–Crippen MR) is 226 cm³/mol. The monoisotopic (exact) mass is 808 g/mol. The molecule has 2 heterocycles. The molecular formula is C46H73N5O7. The Morgan fingerprint density at radius 1 is 0.948 bits per heavy atom. The fourth-order valence-corrected chi connectivity index (χ4v) is 9.74. The highest BCUT2D eigenvalue weighted by Crippen LogP contribution is 2.41. The maximum Gasteiger partial charge on any atom is 0.417 e. The van der Waals surface area contributed by atoms with E-state index in [1.54, 1.807) is 37.6 Å². The zero-order chi connectivity index (χ0) is 43.3. The summed E-state index contributed by atoms with van der Waals surface area (Å²) < 4.78 is 11.6. The zero-order valence-corrected chi connectivity index (χ0v) is 37.6. The van der Waals surface area contributed by atoms with Crippen molar-refractivity contribution >= 4 is 29.7 Å². The molecule has 3 aliphatic rings. The van der Waals surface area contributed by atoms with Gasteiger partial charge in [0.1, 0.15) is 12.1 Å². The van der Waals surface area contributed by atoms with Crippen molar-refractivity contribution in [3.05, 3.63) is 47.5 Å². The molecular weight excluding hydrogens is 735 g/mol. The molecule has 3 fully saturated rings. The highest BCUT2D eigenvalue weighted by Gasteiger charge is 2.49. The van der Waals surface area contributed by atoms with Crippen molar-refractivity contribution in [3.63, 3.8) is 0 Å². The molecule has 1 unspecified atom stereocenters. The molecule has 12 nitrogen and oxygen atoms in total. The van der Waals surface area contributed by atoms with Crippen molar-refractivity contribution in [3.8, 4) is 0 Å². The number of rotatable bonds is 15. The van der Waals surface area contributed by atoms with Gasteiger partial charge in [0.05, 0.1) is 36.2 Å². The molecule has 0 radical (unpaired) electrons. The SMILES string of the molecule is CN[C@H](C(=O)N[C@H](C(=O)N(C)C(/C=C(\C)C(=O)N1CCC[C@H]1[C@@H](OC)[C@@H](C)C(=O)N1C(=O)O[C@@H](c2ccccc2)[C@H]1C)C(C)C)C(C)(C)C)C(C)(C)C1CCCCC1. The minimum atomic E-state index is -0.809. The first-order valence-electron chi connectivity index (χ1n) is 21.5. The maximum atomic E-state index is 14.5. The molecule has 0 bridgehead atoms. The molecule has 5 amide bonds. The summed E-state index contributed by atoms with van der Waals surface area (Å²) in [5.74, 6) is -1.41. The molecule has 2 N–H and O–H groups in total. The molecule has 0 aromatic heterocycles. The standard InChI is InChI=1S/C46H73N5O7/c1-28(2)35(49(12)43(55)39(45(6,7)8)48-40(52)38(47-11)46(9,10)33-23-18-15-19-24-33)27-29(3)41(53)50-26-20-25-34(50)36(57-13)30(4)42(54)51-31(5)37(58-44(51)56)32-21-16-14-17-22-32/h14,16-17,21-22,27-28,30-31,33-39,47H,15,18-20,23-26H2,1-13H3,(H,48,52)/b29-27+/t30-,31-,34+,35?,36+,37-,38-,39-/m1/s1. The third kappa shape index (κ3) is 10.1. The minimum absolute atomic E-state index is 0.0519. The highest BCUT2D eigenvalue weighted by molar-refractivity contribution is 5.96. The zero-order valence-electron chi connectivity index (χ0n) is 37.6. The molecule has 0 spiro atoms. The molecule has 8 atom stereocenters. The van der Waals surface area contributed by atoms with Crippen LogP contribution in [0.4, 0.5) is 4.79 Å². The molecule has 58 heavy (non-hydrogen) atoms. The third-order valence-corrected chi connectivity index (χ3v) is 13.3. The summed E-state index contributed by atoms with van der Waals surface area (Å²) in [7, 11) is 5.09. The summed E-state index contributed by atoms with van der Waals surface area (Å²) >= 11 is 0. The van der Waals surface area contributed by atoms with E-state index in [4.69, 9.17) is 9.47 Å². The summed E-state index contributed by atoms with van der Waals surface area (Å²) in [4.78, 5) is 74.6. The van der Waals surface area contributed by atoms with Gasteiger partial charge >= 0.3 is 6.09 Å². The molecule has 1 aliphatic carbocycles. The summed E-state index contributed by atoms with van der Waals surface area (Å²) in [6, 6.07) is 6.71. The number of nitrogens with one attached hydrogen (secondary N) is 2. The van der Waals surface area contributed by atoms with Gasteiger partial charge in [-0.2, -0.15) is 0 Å². The first kappa shape index (κ1) is 46.9. The van der Waals surface area contributed by atoms with Crippen LogP contribution in [0, 0.1) is 28.6 Å². The van der Waals surface area contributed by atoms with Crippen molar-refractivity contribution in [2.24, 2.45) is 28.6 Å². The Balaban J connectivity index is 1.51. The first-order chi connectivity index (χ1) is 27.2. The van der Waals surface area contributed by atoms with Crippen molar-refractivity contribution in [1.29, 1.82) is 0 Å². The average Bonchev–Trinajstić information content (AvgIpc) is 3.78. The Bertz CT molecular complexity index is 1630. The van der Waals surface area contributed by atoms with E-state index in [1.165, 1.54) is 31.3 Å². The number of imide groups is 1. The van der Waals surface area contributed by atoms with Gasteiger partial charge < -0.3 is 29.9 Å². The van der Waals surface area contributed by atoms with Gasteiger partial charge in [-0.1, -0.05) is 111 Å². The van der Waals surface area contributed by atoms with Gasteiger partial charge in [0.2, 0.25) is 23.6 Å². The Morgan fingerprint density at radius 2 is 1.57 bits per heavy atom. The van der Waals surface area contributed by atoms with Crippen LogP contribution < -0.4 is 10.6 Å². The van der Waals surface area contributed by atoms with Crippen LogP contribution in [-0.2, 0) is 28.7 Å². The van der Waals surface area contributed by atoms with Gasteiger partial charge in [-0.25, -0.2) is 9.69 Å². The molecule has 1 aromatic rings. The van der Waals surface area contributed by atoms with Gasteiger partial charge in [0.15, 0.2) is 0 Å². The maximum absolute atomic E-state index is 14.5. The molecule has 1 saturated carbocycles. The number of methoxy groups -OCH3 is 1. The van der Waals surface area contributed by atoms with Crippen LogP contribution in [0.5, 0.6) is 0 Å². The number of hydrogen-bond acceptors (Lipinski definition) is 8.